The Labute approximate surface area is 112 Å². The van der Waals surface area contributed by atoms with Crippen LogP contribution < -0.4 is 5.32 Å². The van der Waals surface area contributed by atoms with Crippen LogP contribution in [0, 0.1) is 5.41 Å². The van der Waals surface area contributed by atoms with Gasteiger partial charge in [-0.15, -0.1) is 0 Å². The van der Waals surface area contributed by atoms with Gasteiger partial charge in [-0.1, -0.05) is 26.2 Å². The minimum Gasteiger partial charge on any atom is -0.375 e. The van der Waals surface area contributed by atoms with Crippen LogP contribution in [0.2, 0.25) is 0 Å². The van der Waals surface area contributed by atoms with Gasteiger partial charge in [-0.2, -0.15) is 0 Å². The molecule has 1 N–H and O–H groups in total. The molecule has 1 heterocycles. The predicted molar refractivity (Wildman–Crippen MR) is 74.8 cm³/mol. The van der Waals surface area contributed by atoms with Crippen molar-refractivity contribution in [1.82, 2.24) is 5.32 Å². The highest BCUT2D eigenvalue weighted by atomic mass is 16.5. The molecule has 1 spiro atoms. The summed E-state index contributed by atoms with van der Waals surface area (Å²) in [6.07, 6.45) is 13.6. The molecule has 0 aromatic heterocycles. The molecular formula is C16H29NO. The molecule has 3 aliphatic rings. The highest BCUT2D eigenvalue weighted by Gasteiger charge is 2.43. The van der Waals surface area contributed by atoms with Crippen LogP contribution in [-0.4, -0.2) is 24.8 Å². The summed E-state index contributed by atoms with van der Waals surface area (Å²) in [6, 6.07) is 0.728. The van der Waals surface area contributed by atoms with Gasteiger partial charge in [0.15, 0.2) is 0 Å². The highest BCUT2D eigenvalue weighted by Crippen LogP contribution is 2.49. The lowest BCUT2D eigenvalue weighted by Crippen LogP contribution is -2.46. The molecular weight excluding hydrogens is 222 g/mol. The van der Waals surface area contributed by atoms with E-state index in [9.17, 15) is 0 Å². The Kier molecular flexibility index (Phi) is 3.68. The Morgan fingerprint density at radius 1 is 1.17 bits per heavy atom. The fraction of sp³-hybridized carbons (Fsp3) is 1.00. The van der Waals surface area contributed by atoms with Crippen LogP contribution in [-0.2, 0) is 4.74 Å². The van der Waals surface area contributed by atoms with E-state index in [1.807, 2.05) is 0 Å². The summed E-state index contributed by atoms with van der Waals surface area (Å²) in [5, 5.41) is 3.88. The van der Waals surface area contributed by atoms with Crippen LogP contribution in [0.4, 0.5) is 0 Å². The van der Waals surface area contributed by atoms with Crippen LogP contribution >= 0.6 is 0 Å². The average molecular weight is 251 g/mol. The third kappa shape index (κ3) is 2.75. The number of nitrogens with one attached hydrogen (secondary N) is 1. The van der Waals surface area contributed by atoms with Crippen molar-refractivity contribution in [2.45, 2.75) is 82.8 Å². The van der Waals surface area contributed by atoms with E-state index in [-0.39, 0.29) is 5.60 Å². The third-order valence-electron chi connectivity index (χ3n) is 5.51. The van der Waals surface area contributed by atoms with Crippen LogP contribution in [0.3, 0.4) is 0 Å². The molecule has 2 heteroatoms. The lowest BCUT2D eigenvalue weighted by Gasteiger charge is -2.39. The Morgan fingerprint density at radius 3 is 2.61 bits per heavy atom. The first kappa shape index (κ1) is 12.9. The molecule has 1 unspecified atom stereocenters. The van der Waals surface area contributed by atoms with Gasteiger partial charge in [0.25, 0.3) is 0 Å². The van der Waals surface area contributed by atoms with E-state index in [4.69, 9.17) is 4.74 Å². The van der Waals surface area contributed by atoms with E-state index in [0.717, 1.165) is 12.6 Å². The molecule has 0 aromatic carbocycles. The van der Waals surface area contributed by atoms with E-state index < -0.39 is 0 Å². The lowest BCUT2D eigenvalue weighted by molar-refractivity contribution is -0.0840. The molecule has 1 saturated heterocycles. The molecule has 1 atom stereocenters. The summed E-state index contributed by atoms with van der Waals surface area (Å²) in [4.78, 5) is 0. The van der Waals surface area contributed by atoms with Crippen molar-refractivity contribution in [3.8, 4) is 0 Å². The van der Waals surface area contributed by atoms with Crippen molar-refractivity contribution >= 4 is 0 Å². The quantitative estimate of drug-likeness (QED) is 0.805. The molecule has 0 radical (unpaired) electrons. The van der Waals surface area contributed by atoms with Gasteiger partial charge < -0.3 is 10.1 Å². The van der Waals surface area contributed by atoms with Crippen LogP contribution in [0.25, 0.3) is 0 Å². The second-order valence-corrected chi connectivity index (χ2v) is 7.06. The maximum absolute atomic E-state index is 6.11. The third-order valence-corrected chi connectivity index (χ3v) is 5.51. The fourth-order valence-electron chi connectivity index (χ4n) is 4.15. The summed E-state index contributed by atoms with van der Waals surface area (Å²) in [6.45, 7) is 4.57. The van der Waals surface area contributed by atoms with Crippen molar-refractivity contribution < 1.29 is 4.74 Å². The average Bonchev–Trinajstić information content (AvgIpc) is 3.01. The summed E-state index contributed by atoms with van der Waals surface area (Å²) in [7, 11) is 0. The SMILES string of the molecule is CCCC1(CNC2CCOC3(CCCC3)C2)CC1. The molecule has 3 rings (SSSR count). The normalized spacial score (nSPS) is 32.8. The van der Waals surface area contributed by atoms with Gasteiger partial charge in [0.05, 0.1) is 5.60 Å². The standard InChI is InChI=1S/C16H29NO/c1-2-6-15(9-10-15)13-17-14-5-11-18-16(12-14)7-3-4-8-16/h14,17H,2-13H2,1H3. The predicted octanol–water partition coefficient (Wildman–Crippen LogP) is 3.65. The molecule has 2 aliphatic carbocycles. The number of rotatable bonds is 5. The Bertz CT molecular complexity index is 279. The number of ether oxygens (including phenoxy) is 1. The fourth-order valence-corrected chi connectivity index (χ4v) is 4.15. The maximum atomic E-state index is 6.11. The summed E-state index contributed by atoms with van der Waals surface area (Å²) in [5.74, 6) is 0. The van der Waals surface area contributed by atoms with E-state index >= 15 is 0 Å². The largest absolute Gasteiger partial charge is 0.375 e. The number of hydrogen-bond donors (Lipinski definition) is 1. The first-order valence-electron chi connectivity index (χ1n) is 8.13. The van der Waals surface area contributed by atoms with Gasteiger partial charge in [-0.25, -0.2) is 0 Å². The van der Waals surface area contributed by atoms with Gasteiger partial charge in [-0.3, -0.25) is 0 Å². The number of hydrogen-bond acceptors (Lipinski definition) is 2. The minimum absolute atomic E-state index is 0.275. The lowest BCUT2D eigenvalue weighted by atomic mass is 9.88. The summed E-state index contributed by atoms with van der Waals surface area (Å²) < 4.78 is 6.11. The zero-order valence-electron chi connectivity index (χ0n) is 12.0. The zero-order chi connectivity index (χ0) is 12.5. The highest BCUT2D eigenvalue weighted by molar-refractivity contribution is 4.98. The van der Waals surface area contributed by atoms with Gasteiger partial charge in [0.1, 0.15) is 0 Å². The topological polar surface area (TPSA) is 21.3 Å². The molecule has 104 valence electrons. The zero-order valence-corrected chi connectivity index (χ0v) is 12.0. The Hall–Kier alpha value is -0.0800. The van der Waals surface area contributed by atoms with Crippen LogP contribution in [0.1, 0.15) is 71.1 Å². The van der Waals surface area contributed by atoms with E-state index in [0.29, 0.717) is 5.41 Å². The molecule has 2 nitrogen and oxygen atoms in total. The first-order chi connectivity index (χ1) is 8.76. The second-order valence-electron chi connectivity index (χ2n) is 7.06. The van der Waals surface area contributed by atoms with E-state index in [1.54, 1.807) is 0 Å². The van der Waals surface area contributed by atoms with Gasteiger partial charge in [0, 0.05) is 19.2 Å². The van der Waals surface area contributed by atoms with E-state index in [2.05, 4.69) is 12.2 Å². The molecule has 0 bridgehead atoms. The van der Waals surface area contributed by atoms with Gasteiger partial charge >= 0.3 is 0 Å². The van der Waals surface area contributed by atoms with Crippen molar-refractivity contribution in [2.24, 2.45) is 5.41 Å². The van der Waals surface area contributed by atoms with Crippen molar-refractivity contribution in [3.63, 3.8) is 0 Å². The monoisotopic (exact) mass is 251 g/mol. The summed E-state index contributed by atoms with van der Waals surface area (Å²) in [5.41, 5.74) is 0.966. The minimum atomic E-state index is 0.275. The smallest absolute Gasteiger partial charge is 0.0697 e. The first-order valence-corrected chi connectivity index (χ1v) is 8.13. The summed E-state index contributed by atoms with van der Waals surface area (Å²) >= 11 is 0. The van der Waals surface area contributed by atoms with Crippen molar-refractivity contribution in [1.29, 1.82) is 0 Å². The van der Waals surface area contributed by atoms with E-state index in [1.165, 1.54) is 70.8 Å². The van der Waals surface area contributed by atoms with Gasteiger partial charge in [-0.05, 0) is 50.4 Å². The van der Waals surface area contributed by atoms with Crippen molar-refractivity contribution in [3.05, 3.63) is 0 Å². The van der Waals surface area contributed by atoms with Crippen LogP contribution in [0.15, 0.2) is 0 Å². The second kappa shape index (κ2) is 5.13. The molecule has 0 aromatic rings. The molecule has 1 aliphatic heterocycles. The van der Waals surface area contributed by atoms with Gasteiger partial charge in [0.2, 0.25) is 0 Å². The molecule has 18 heavy (non-hydrogen) atoms. The van der Waals surface area contributed by atoms with Crippen LogP contribution in [0.5, 0.6) is 0 Å². The maximum Gasteiger partial charge on any atom is 0.0697 e. The molecule has 2 saturated carbocycles. The Morgan fingerprint density at radius 2 is 1.94 bits per heavy atom. The Balaban J connectivity index is 1.48. The molecule has 3 fully saturated rings. The van der Waals surface area contributed by atoms with Crippen molar-refractivity contribution in [2.75, 3.05) is 13.2 Å². The molecule has 0 amide bonds.